The van der Waals surface area contributed by atoms with E-state index in [2.05, 4.69) is 20.3 Å². The van der Waals surface area contributed by atoms with Gasteiger partial charge in [0.1, 0.15) is 11.3 Å². The van der Waals surface area contributed by atoms with Gasteiger partial charge in [-0.15, -0.1) is 0 Å². The van der Waals surface area contributed by atoms with Crippen LogP contribution in [-0.2, 0) is 0 Å². The quantitative estimate of drug-likeness (QED) is 0.757. The van der Waals surface area contributed by atoms with Crippen LogP contribution in [0.1, 0.15) is 10.4 Å². The normalized spacial score (nSPS) is 10.4. The first-order valence-electron chi connectivity index (χ1n) is 5.90. The summed E-state index contributed by atoms with van der Waals surface area (Å²) in [6, 6.07) is 10.1. The third-order valence-electron chi connectivity index (χ3n) is 2.71. The number of hydrogen-bond donors (Lipinski definition) is 2. The summed E-state index contributed by atoms with van der Waals surface area (Å²) in [4.78, 5) is 23.5. The van der Waals surface area contributed by atoms with E-state index in [1.165, 1.54) is 6.07 Å². The van der Waals surface area contributed by atoms with E-state index in [-0.39, 0.29) is 5.56 Å². The largest absolute Gasteiger partial charge is 0.478 e. The summed E-state index contributed by atoms with van der Waals surface area (Å²) in [6.45, 7) is 0. The highest BCUT2D eigenvalue weighted by molar-refractivity contribution is 5.89. The molecule has 1 aromatic carbocycles. The molecule has 0 unspecified atom stereocenters. The van der Waals surface area contributed by atoms with Crippen LogP contribution in [0.4, 0.5) is 11.5 Å². The third-order valence-corrected chi connectivity index (χ3v) is 2.71. The number of anilines is 2. The zero-order valence-electron chi connectivity index (χ0n) is 10.3. The Morgan fingerprint density at radius 1 is 1.10 bits per heavy atom. The molecule has 6 nitrogen and oxygen atoms in total. The third kappa shape index (κ3) is 2.39. The Balaban J connectivity index is 1.92. The maximum atomic E-state index is 10.9. The molecular formula is C14H10N4O2. The molecule has 0 radical (unpaired) electrons. The minimum Gasteiger partial charge on any atom is -0.478 e. The van der Waals surface area contributed by atoms with Gasteiger partial charge in [-0.2, -0.15) is 0 Å². The number of fused-ring (bicyclic) bond motifs is 1. The van der Waals surface area contributed by atoms with Crippen LogP contribution in [0.25, 0.3) is 11.2 Å². The molecule has 0 bridgehead atoms. The van der Waals surface area contributed by atoms with E-state index in [9.17, 15) is 4.79 Å². The summed E-state index contributed by atoms with van der Waals surface area (Å²) in [5.41, 5.74) is 2.11. The van der Waals surface area contributed by atoms with Crippen LogP contribution in [0, 0.1) is 0 Å². The van der Waals surface area contributed by atoms with Gasteiger partial charge in [0.15, 0.2) is 5.65 Å². The van der Waals surface area contributed by atoms with Crippen molar-refractivity contribution in [3.05, 3.63) is 54.4 Å². The van der Waals surface area contributed by atoms with Crippen LogP contribution < -0.4 is 5.32 Å². The number of nitrogens with one attached hydrogen (secondary N) is 1. The number of aromatic carboxylic acids is 1. The van der Waals surface area contributed by atoms with Crippen molar-refractivity contribution in [2.75, 3.05) is 5.32 Å². The number of carbonyl (C=O) groups is 1. The fourth-order valence-electron chi connectivity index (χ4n) is 1.80. The van der Waals surface area contributed by atoms with E-state index in [0.29, 0.717) is 22.7 Å². The number of benzene rings is 1. The van der Waals surface area contributed by atoms with Crippen LogP contribution in [0.2, 0.25) is 0 Å². The molecular weight excluding hydrogens is 256 g/mol. The summed E-state index contributed by atoms with van der Waals surface area (Å²) in [7, 11) is 0. The van der Waals surface area contributed by atoms with E-state index in [4.69, 9.17) is 5.11 Å². The lowest BCUT2D eigenvalue weighted by molar-refractivity contribution is 0.0697. The molecule has 0 aliphatic rings. The highest BCUT2D eigenvalue weighted by Gasteiger charge is 2.04. The molecule has 98 valence electrons. The minimum absolute atomic E-state index is 0.218. The second kappa shape index (κ2) is 4.93. The van der Waals surface area contributed by atoms with Crippen molar-refractivity contribution in [3.8, 4) is 0 Å². The highest BCUT2D eigenvalue weighted by atomic mass is 16.4. The minimum atomic E-state index is -0.967. The summed E-state index contributed by atoms with van der Waals surface area (Å²) >= 11 is 0. The SMILES string of the molecule is O=C(O)c1cccc(Nc2ccc3nccnc3n2)c1. The predicted molar refractivity (Wildman–Crippen MR) is 74.0 cm³/mol. The average Bonchev–Trinajstić information content (AvgIpc) is 2.47. The van der Waals surface area contributed by atoms with Gasteiger partial charge >= 0.3 is 5.97 Å². The van der Waals surface area contributed by atoms with Crippen molar-refractivity contribution < 1.29 is 9.90 Å². The van der Waals surface area contributed by atoms with Gasteiger partial charge in [-0.3, -0.25) is 4.98 Å². The van der Waals surface area contributed by atoms with Crippen molar-refractivity contribution in [3.63, 3.8) is 0 Å². The molecule has 20 heavy (non-hydrogen) atoms. The standard InChI is InChI=1S/C14H10N4O2/c19-14(20)9-2-1-3-10(8-9)17-12-5-4-11-13(18-12)16-7-6-15-11/h1-8H,(H,19,20)(H,16,17,18). The van der Waals surface area contributed by atoms with Gasteiger partial charge in [0.2, 0.25) is 0 Å². The van der Waals surface area contributed by atoms with Crippen LogP contribution >= 0.6 is 0 Å². The first-order chi connectivity index (χ1) is 9.72. The first-order valence-corrected chi connectivity index (χ1v) is 5.90. The maximum Gasteiger partial charge on any atom is 0.335 e. The number of aromatic nitrogens is 3. The van der Waals surface area contributed by atoms with Crippen molar-refractivity contribution >= 4 is 28.6 Å². The number of nitrogens with zero attached hydrogens (tertiary/aromatic N) is 3. The zero-order valence-corrected chi connectivity index (χ0v) is 10.3. The monoisotopic (exact) mass is 266 g/mol. The lowest BCUT2D eigenvalue weighted by Gasteiger charge is -2.06. The molecule has 0 spiro atoms. The Morgan fingerprint density at radius 2 is 1.95 bits per heavy atom. The number of carboxylic acids is 1. The molecule has 6 heteroatoms. The summed E-state index contributed by atoms with van der Waals surface area (Å²) in [6.07, 6.45) is 3.18. The smallest absolute Gasteiger partial charge is 0.335 e. The number of hydrogen-bond acceptors (Lipinski definition) is 5. The van der Waals surface area contributed by atoms with E-state index < -0.39 is 5.97 Å². The van der Waals surface area contributed by atoms with Gasteiger partial charge in [-0.1, -0.05) is 6.07 Å². The van der Waals surface area contributed by atoms with E-state index in [1.807, 2.05) is 0 Å². The zero-order chi connectivity index (χ0) is 13.9. The molecule has 2 aromatic heterocycles. The van der Waals surface area contributed by atoms with Crippen molar-refractivity contribution in [2.24, 2.45) is 0 Å². The molecule has 2 heterocycles. The molecule has 0 aliphatic carbocycles. The molecule has 2 N–H and O–H groups in total. The highest BCUT2D eigenvalue weighted by Crippen LogP contribution is 2.17. The number of pyridine rings is 1. The second-order valence-electron chi connectivity index (χ2n) is 4.11. The Morgan fingerprint density at radius 3 is 2.80 bits per heavy atom. The molecule has 3 rings (SSSR count). The summed E-state index contributed by atoms with van der Waals surface area (Å²) in [5, 5.41) is 12.0. The summed E-state index contributed by atoms with van der Waals surface area (Å²) < 4.78 is 0. The fraction of sp³-hybridized carbons (Fsp3) is 0. The van der Waals surface area contributed by atoms with Gasteiger partial charge in [0.25, 0.3) is 0 Å². The van der Waals surface area contributed by atoms with Gasteiger partial charge < -0.3 is 10.4 Å². The predicted octanol–water partition coefficient (Wildman–Crippen LogP) is 2.47. The molecule has 0 amide bonds. The van der Waals surface area contributed by atoms with Crippen molar-refractivity contribution in [1.82, 2.24) is 15.0 Å². The Bertz CT molecular complexity index is 789. The topological polar surface area (TPSA) is 88.0 Å². The molecule has 0 saturated heterocycles. The van der Waals surface area contributed by atoms with Crippen LogP contribution in [-0.4, -0.2) is 26.0 Å². The van der Waals surface area contributed by atoms with Gasteiger partial charge in [0.05, 0.1) is 5.56 Å². The summed E-state index contributed by atoms with van der Waals surface area (Å²) in [5.74, 6) is -0.383. The molecule has 0 aliphatic heterocycles. The molecule has 0 atom stereocenters. The molecule has 0 saturated carbocycles. The molecule has 0 fully saturated rings. The number of carboxylic acid groups (broad SMARTS) is 1. The van der Waals surface area contributed by atoms with Crippen molar-refractivity contribution in [1.29, 1.82) is 0 Å². The molecule has 3 aromatic rings. The van der Waals surface area contributed by atoms with Gasteiger partial charge in [-0.25, -0.2) is 14.8 Å². The van der Waals surface area contributed by atoms with Gasteiger partial charge in [-0.05, 0) is 30.3 Å². The lowest BCUT2D eigenvalue weighted by atomic mass is 10.2. The maximum absolute atomic E-state index is 10.9. The van der Waals surface area contributed by atoms with E-state index >= 15 is 0 Å². The van der Waals surface area contributed by atoms with Crippen LogP contribution in [0.15, 0.2) is 48.8 Å². The lowest BCUT2D eigenvalue weighted by Crippen LogP contribution is -1.99. The fourth-order valence-corrected chi connectivity index (χ4v) is 1.80. The van der Waals surface area contributed by atoms with Gasteiger partial charge in [0, 0.05) is 18.1 Å². The Kier molecular flexibility index (Phi) is 2.96. The van der Waals surface area contributed by atoms with Crippen molar-refractivity contribution in [2.45, 2.75) is 0 Å². The number of rotatable bonds is 3. The van der Waals surface area contributed by atoms with Crippen LogP contribution in [0.5, 0.6) is 0 Å². The van der Waals surface area contributed by atoms with Crippen LogP contribution in [0.3, 0.4) is 0 Å². The van der Waals surface area contributed by atoms with E-state index in [0.717, 1.165) is 0 Å². The second-order valence-corrected chi connectivity index (χ2v) is 4.11. The van der Waals surface area contributed by atoms with E-state index in [1.54, 1.807) is 42.7 Å². The Labute approximate surface area is 114 Å². The Hall–Kier alpha value is -3.02. The average molecular weight is 266 g/mol. The first kappa shape index (κ1) is 12.0.